The van der Waals surface area contributed by atoms with E-state index in [1.807, 2.05) is 11.8 Å². The first-order valence-electron chi connectivity index (χ1n) is 6.42. The van der Waals surface area contributed by atoms with Gasteiger partial charge in [0.2, 0.25) is 0 Å². The van der Waals surface area contributed by atoms with E-state index >= 15 is 0 Å². The smallest absolute Gasteiger partial charge is 0.251 e. The number of thioether (sulfide) groups is 1. The van der Waals surface area contributed by atoms with Crippen molar-refractivity contribution in [3.05, 3.63) is 29.6 Å². The van der Waals surface area contributed by atoms with Crippen LogP contribution in [0.2, 0.25) is 0 Å². The summed E-state index contributed by atoms with van der Waals surface area (Å²) in [4.78, 5) is 12.3. The topological polar surface area (TPSA) is 29.1 Å². The minimum Gasteiger partial charge on any atom is -0.349 e. The average molecular weight is 299 g/mol. The lowest BCUT2D eigenvalue weighted by Crippen LogP contribution is -2.38. The molecule has 0 saturated heterocycles. The van der Waals surface area contributed by atoms with E-state index in [-0.39, 0.29) is 16.8 Å². The van der Waals surface area contributed by atoms with Crippen molar-refractivity contribution in [2.24, 2.45) is 0 Å². The number of carbonyl (C=O) groups excluding carboxylic acids is 1. The van der Waals surface area contributed by atoms with Crippen molar-refractivity contribution in [2.75, 3.05) is 6.26 Å². The maximum atomic E-state index is 13.1. The normalized spacial score (nSPS) is 23.1. The lowest BCUT2D eigenvalue weighted by Gasteiger charge is -2.28. The van der Waals surface area contributed by atoms with Crippen LogP contribution in [0.1, 0.15) is 36.0 Å². The lowest BCUT2D eigenvalue weighted by molar-refractivity contribution is 0.0928. The number of hydrogen-bond donors (Lipinski definition) is 2. The third kappa shape index (κ3) is 3.89. The van der Waals surface area contributed by atoms with Crippen LogP contribution in [0.15, 0.2) is 23.1 Å². The van der Waals surface area contributed by atoms with E-state index in [0.29, 0.717) is 5.56 Å². The van der Waals surface area contributed by atoms with Crippen molar-refractivity contribution in [3.63, 3.8) is 0 Å². The highest BCUT2D eigenvalue weighted by Gasteiger charge is 2.22. The van der Waals surface area contributed by atoms with Gasteiger partial charge in [-0.2, -0.15) is 11.8 Å². The molecule has 1 aliphatic rings. The molecule has 0 bridgehead atoms. The zero-order chi connectivity index (χ0) is 13.8. The van der Waals surface area contributed by atoms with E-state index in [9.17, 15) is 9.18 Å². The van der Waals surface area contributed by atoms with Crippen LogP contribution < -0.4 is 5.32 Å². The van der Waals surface area contributed by atoms with E-state index < -0.39 is 5.82 Å². The summed E-state index contributed by atoms with van der Waals surface area (Å²) in [5.74, 6) is -0.539. The summed E-state index contributed by atoms with van der Waals surface area (Å²) in [7, 11) is 0. The van der Waals surface area contributed by atoms with E-state index in [1.165, 1.54) is 18.2 Å². The fraction of sp³-hybridized carbons (Fsp3) is 0.500. The summed E-state index contributed by atoms with van der Waals surface area (Å²) in [6.45, 7) is 0. The van der Waals surface area contributed by atoms with Gasteiger partial charge in [0.25, 0.3) is 5.91 Å². The zero-order valence-corrected chi connectivity index (χ0v) is 12.6. The van der Waals surface area contributed by atoms with E-state index in [0.717, 1.165) is 30.9 Å². The van der Waals surface area contributed by atoms with Gasteiger partial charge in [0.05, 0.1) is 0 Å². The Bertz CT molecular complexity index is 459. The second kappa shape index (κ2) is 6.66. The molecule has 1 amide bonds. The number of benzene rings is 1. The van der Waals surface area contributed by atoms with Gasteiger partial charge in [-0.15, -0.1) is 12.6 Å². The number of rotatable bonds is 3. The SMILES string of the molecule is CSC1CCC(NC(=O)c2ccc(F)c(S)c2)CC1. The highest BCUT2D eigenvalue weighted by atomic mass is 32.2. The van der Waals surface area contributed by atoms with Crippen LogP contribution in [0.3, 0.4) is 0 Å². The molecule has 0 heterocycles. The first kappa shape index (κ1) is 14.7. The molecular weight excluding hydrogens is 281 g/mol. The Balaban J connectivity index is 1.92. The Morgan fingerprint density at radius 3 is 2.63 bits per heavy atom. The first-order valence-corrected chi connectivity index (χ1v) is 8.16. The van der Waals surface area contributed by atoms with Gasteiger partial charge in [0.15, 0.2) is 0 Å². The van der Waals surface area contributed by atoms with Crippen LogP contribution in [0.25, 0.3) is 0 Å². The van der Waals surface area contributed by atoms with Crippen molar-refractivity contribution < 1.29 is 9.18 Å². The van der Waals surface area contributed by atoms with Crippen LogP contribution >= 0.6 is 24.4 Å². The molecule has 19 heavy (non-hydrogen) atoms. The molecule has 0 unspecified atom stereocenters. The van der Waals surface area contributed by atoms with Gasteiger partial charge in [0.1, 0.15) is 5.82 Å². The summed E-state index contributed by atoms with van der Waals surface area (Å²) < 4.78 is 13.1. The maximum Gasteiger partial charge on any atom is 0.251 e. The van der Waals surface area contributed by atoms with Gasteiger partial charge in [0, 0.05) is 21.8 Å². The predicted molar refractivity (Wildman–Crippen MR) is 80.7 cm³/mol. The number of carbonyl (C=O) groups is 1. The molecule has 0 aromatic heterocycles. The molecule has 0 radical (unpaired) electrons. The predicted octanol–water partition coefficient (Wildman–Crippen LogP) is 3.52. The Labute approximate surface area is 123 Å². The quantitative estimate of drug-likeness (QED) is 0.836. The van der Waals surface area contributed by atoms with Crippen molar-refractivity contribution in [1.29, 1.82) is 0 Å². The molecule has 1 aliphatic carbocycles. The fourth-order valence-electron chi connectivity index (χ4n) is 2.37. The van der Waals surface area contributed by atoms with Gasteiger partial charge >= 0.3 is 0 Å². The molecule has 1 N–H and O–H groups in total. The van der Waals surface area contributed by atoms with E-state index in [1.54, 1.807) is 0 Å². The number of amides is 1. The third-order valence-electron chi connectivity index (χ3n) is 3.55. The van der Waals surface area contributed by atoms with Crippen LogP contribution in [0.4, 0.5) is 4.39 Å². The maximum absolute atomic E-state index is 13.1. The summed E-state index contributed by atoms with van der Waals surface area (Å²) in [6, 6.07) is 4.49. The molecule has 5 heteroatoms. The van der Waals surface area contributed by atoms with Gasteiger partial charge < -0.3 is 5.32 Å². The molecule has 1 fully saturated rings. The molecule has 0 aliphatic heterocycles. The summed E-state index contributed by atoms with van der Waals surface area (Å²) >= 11 is 5.90. The molecule has 0 atom stereocenters. The molecule has 1 aromatic rings. The first-order chi connectivity index (χ1) is 9.10. The Kier molecular flexibility index (Phi) is 5.16. The summed E-state index contributed by atoms with van der Waals surface area (Å²) in [5, 5.41) is 3.75. The lowest BCUT2D eigenvalue weighted by atomic mass is 9.94. The van der Waals surface area contributed by atoms with Crippen molar-refractivity contribution in [2.45, 2.75) is 41.9 Å². The Hall–Kier alpha value is -0.680. The molecule has 0 spiro atoms. The standard InChI is InChI=1S/C14H18FNOS2/c1-19-11-5-3-10(4-6-11)16-14(17)9-2-7-12(15)13(18)8-9/h2,7-8,10-11,18H,3-6H2,1H3,(H,16,17). The number of halogens is 1. The van der Waals surface area contributed by atoms with Crippen molar-refractivity contribution in [3.8, 4) is 0 Å². The Morgan fingerprint density at radius 1 is 1.37 bits per heavy atom. The van der Waals surface area contributed by atoms with E-state index in [2.05, 4.69) is 24.2 Å². The zero-order valence-electron chi connectivity index (χ0n) is 10.9. The van der Waals surface area contributed by atoms with Crippen LogP contribution in [-0.4, -0.2) is 23.5 Å². The minimum atomic E-state index is -0.402. The molecule has 1 aromatic carbocycles. The van der Waals surface area contributed by atoms with Crippen LogP contribution in [-0.2, 0) is 0 Å². The number of hydrogen-bond acceptors (Lipinski definition) is 3. The Morgan fingerprint density at radius 2 is 2.05 bits per heavy atom. The fourth-order valence-corrected chi connectivity index (χ4v) is 3.32. The van der Waals surface area contributed by atoms with Crippen LogP contribution in [0, 0.1) is 5.82 Å². The average Bonchev–Trinajstić information content (AvgIpc) is 2.42. The molecule has 104 valence electrons. The number of nitrogens with one attached hydrogen (secondary N) is 1. The van der Waals surface area contributed by atoms with Gasteiger partial charge in [-0.1, -0.05) is 0 Å². The second-order valence-corrected chi connectivity index (χ2v) is 6.47. The van der Waals surface area contributed by atoms with Gasteiger partial charge in [-0.3, -0.25) is 4.79 Å². The van der Waals surface area contributed by atoms with E-state index in [4.69, 9.17) is 0 Å². The molecule has 2 rings (SSSR count). The van der Waals surface area contributed by atoms with Crippen molar-refractivity contribution in [1.82, 2.24) is 5.32 Å². The van der Waals surface area contributed by atoms with Gasteiger partial charge in [-0.25, -0.2) is 4.39 Å². The second-order valence-electron chi connectivity index (χ2n) is 4.85. The highest BCUT2D eigenvalue weighted by Crippen LogP contribution is 2.27. The molecule has 1 saturated carbocycles. The summed E-state index contributed by atoms with van der Waals surface area (Å²) in [5.41, 5.74) is 0.471. The number of thiol groups is 1. The van der Waals surface area contributed by atoms with Crippen molar-refractivity contribution >= 4 is 30.3 Å². The molecular formula is C14H18FNOS2. The minimum absolute atomic E-state index is 0.136. The monoisotopic (exact) mass is 299 g/mol. The highest BCUT2D eigenvalue weighted by molar-refractivity contribution is 7.99. The van der Waals surface area contributed by atoms with Gasteiger partial charge in [-0.05, 0) is 50.1 Å². The largest absolute Gasteiger partial charge is 0.349 e. The molecule has 2 nitrogen and oxygen atoms in total. The van der Waals surface area contributed by atoms with Crippen LogP contribution in [0.5, 0.6) is 0 Å². The third-order valence-corrected chi connectivity index (χ3v) is 5.03. The summed E-state index contributed by atoms with van der Waals surface area (Å²) in [6.07, 6.45) is 6.47.